The van der Waals surface area contributed by atoms with Crippen LogP contribution in [0, 0.1) is 0 Å². The molecule has 0 unspecified atom stereocenters. The van der Waals surface area contributed by atoms with Crippen molar-refractivity contribution in [3.05, 3.63) is 24.3 Å². The molecular formula is C19H35O3PS2. The highest BCUT2D eigenvalue weighted by atomic mass is 32.3. The van der Waals surface area contributed by atoms with Crippen molar-refractivity contribution in [2.45, 2.75) is 42.9 Å². The standard InChI is InChI=1S/C19H35O3PS2/c1-7-21-23(22-8-2)19(20)11-9-10-16-25(5,6)18-14-12-17(13-15-18)24(3)4/h12-15,24H,7-11,16H2,1-6H3. The normalized spacial score (nSPS) is 13.2. The Kier molecular flexibility index (Phi) is 10.7. The van der Waals surface area contributed by atoms with Crippen molar-refractivity contribution in [1.29, 1.82) is 0 Å². The van der Waals surface area contributed by atoms with Crippen molar-refractivity contribution in [1.82, 2.24) is 0 Å². The maximum Gasteiger partial charge on any atom is 0.243 e. The van der Waals surface area contributed by atoms with Crippen molar-refractivity contribution in [3.63, 3.8) is 0 Å². The van der Waals surface area contributed by atoms with Crippen molar-refractivity contribution in [2.75, 3.05) is 44.0 Å². The van der Waals surface area contributed by atoms with E-state index in [9.17, 15) is 4.79 Å². The summed E-state index contributed by atoms with van der Waals surface area (Å²) in [5, 5.41) is 0. The molecule has 0 aliphatic heterocycles. The van der Waals surface area contributed by atoms with Crippen molar-refractivity contribution in [2.24, 2.45) is 0 Å². The van der Waals surface area contributed by atoms with Gasteiger partial charge in [0.05, 0.1) is 13.2 Å². The van der Waals surface area contributed by atoms with Gasteiger partial charge in [0, 0.05) is 6.42 Å². The molecule has 0 amide bonds. The number of carbonyl (C=O) groups excluding carboxylic acids is 1. The monoisotopic (exact) mass is 406 g/mol. The van der Waals surface area contributed by atoms with Crippen LogP contribution < -0.4 is 0 Å². The van der Waals surface area contributed by atoms with Crippen LogP contribution in [0.4, 0.5) is 0 Å². The van der Waals surface area contributed by atoms with E-state index in [1.165, 1.54) is 9.79 Å². The number of hydrogen-bond acceptors (Lipinski definition) is 3. The first-order chi connectivity index (χ1) is 11.8. The summed E-state index contributed by atoms with van der Waals surface area (Å²) in [6.07, 6.45) is 11.9. The SMILES string of the molecule is CCOP(OCC)C(=O)CCCCS(C)(C)c1ccc([SH](C)C)cc1. The first kappa shape index (κ1) is 23.0. The Balaban J connectivity index is 2.46. The summed E-state index contributed by atoms with van der Waals surface area (Å²) in [6, 6.07) is 9.19. The molecule has 0 aromatic heterocycles. The van der Waals surface area contributed by atoms with E-state index in [1.807, 2.05) is 13.8 Å². The van der Waals surface area contributed by atoms with Gasteiger partial charge in [-0.1, -0.05) is 0 Å². The molecule has 1 rings (SSSR count). The van der Waals surface area contributed by atoms with Crippen LogP contribution in [0.3, 0.4) is 0 Å². The largest absolute Gasteiger partial charge is 0.329 e. The average molecular weight is 407 g/mol. The van der Waals surface area contributed by atoms with E-state index in [0.717, 1.165) is 18.6 Å². The Hall–Kier alpha value is -0.0600. The Morgan fingerprint density at radius 3 is 2.08 bits per heavy atom. The highest BCUT2D eigenvalue weighted by molar-refractivity contribution is 8.32. The first-order valence-corrected chi connectivity index (χ1v) is 14.9. The summed E-state index contributed by atoms with van der Waals surface area (Å²) in [6.45, 7) is 4.86. The van der Waals surface area contributed by atoms with E-state index < -0.39 is 18.4 Å². The molecule has 0 bridgehead atoms. The molecule has 1 aromatic carbocycles. The summed E-state index contributed by atoms with van der Waals surface area (Å²) in [5.41, 5.74) is 0.134. The third-order valence-corrected chi connectivity index (χ3v) is 9.79. The van der Waals surface area contributed by atoms with Crippen LogP contribution in [0.2, 0.25) is 0 Å². The Morgan fingerprint density at radius 2 is 1.60 bits per heavy atom. The van der Waals surface area contributed by atoms with Gasteiger partial charge in [-0.25, -0.2) is 20.9 Å². The number of rotatable bonds is 12. The fourth-order valence-corrected chi connectivity index (χ4v) is 6.43. The van der Waals surface area contributed by atoms with Crippen LogP contribution in [-0.4, -0.2) is 49.5 Å². The predicted molar refractivity (Wildman–Crippen MR) is 117 cm³/mol. The van der Waals surface area contributed by atoms with Gasteiger partial charge < -0.3 is 9.05 Å². The number of benzene rings is 1. The lowest BCUT2D eigenvalue weighted by Gasteiger charge is -2.32. The summed E-state index contributed by atoms with van der Waals surface area (Å²) in [5.74, 6) is 1.16. The molecule has 25 heavy (non-hydrogen) atoms. The number of hydrogen-bond donors (Lipinski definition) is 1. The number of carbonyl (C=O) groups is 1. The maximum absolute atomic E-state index is 12.2. The Morgan fingerprint density at radius 1 is 1.04 bits per heavy atom. The van der Waals surface area contributed by atoms with E-state index in [2.05, 4.69) is 49.3 Å². The van der Waals surface area contributed by atoms with E-state index >= 15 is 0 Å². The van der Waals surface area contributed by atoms with Crippen LogP contribution in [0.25, 0.3) is 0 Å². The zero-order valence-corrected chi connectivity index (χ0v) is 19.2. The molecule has 0 saturated heterocycles. The molecule has 0 spiro atoms. The van der Waals surface area contributed by atoms with Gasteiger partial charge in [0.25, 0.3) is 0 Å². The molecule has 0 fully saturated rings. The van der Waals surface area contributed by atoms with Gasteiger partial charge in [0.15, 0.2) is 0 Å². The van der Waals surface area contributed by atoms with Crippen molar-refractivity contribution in [3.8, 4) is 0 Å². The molecular weight excluding hydrogens is 371 g/mol. The number of unbranched alkanes of at least 4 members (excludes halogenated alkanes) is 1. The van der Waals surface area contributed by atoms with Crippen LogP contribution in [0.15, 0.2) is 34.1 Å². The molecule has 0 radical (unpaired) electrons. The summed E-state index contributed by atoms with van der Waals surface area (Å²) in [7, 11) is -2.18. The van der Waals surface area contributed by atoms with Gasteiger partial charge in [0.2, 0.25) is 13.9 Å². The lowest BCUT2D eigenvalue weighted by atomic mass is 10.3. The molecule has 0 N–H and O–H groups in total. The van der Waals surface area contributed by atoms with E-state index in [4.69, 9.17) is 9.05 Å². The molecule has 0 aliphatic carbocycles. The van der Waals surface area contributed by atoms with E-state index in [0.29, 0.717) is 19.6 Å². The fraction of sp³-hybridized carbons (Fsp3) is 0.632. The van der Waals surface area contributed by atoms with Crippen LogP contribution >= 0.6 is 29.3 Å². The van der Waals surface area contributed by atoms with Crippen LogP contribution in [0.1, 0.15) is 33.1 Å². The van der Waals surface area contributed by atoms with Gasteiger partial charge >= 0.3 is 0 Å². The minimum Gasteiger partial charge on any atom is -0.329 e. The fourth-order valence-electron chi connectivity index (χ4n) is 2.48. The lowest BCUT2D eigenvalue weighted by Crippen LogP contribution is -2.05. The van der Waals surface area contributed by atoms with Gasteiger partial charge in [-0.2, -0.15) is 0 Å². The zero-order valence-electron chi connectivity index (χ0n) is 16.6. The zero-order chi connectivity index (χ0) is 18.9. The van der Waals surface area contributed by atoms with Crippen LogP contribution in [-0.2, 0) is 13.8 Å². The second kappa shape index (κ2) is 11.6. The summed E-state index contributed by atoms with van der Waals surface area (Å²) < 4.78 is 10.9. The molecule has 1 aromatic rings. The molecule has 0 heterocycles. The minimum atomic E-state index is -1.35. The first-order valence-electron chi connectivity index (χ1n) is 8.89. The summed E-state index contributed by atoms with van der Waals surface area (Å²) in [4.78, 5) is 15.1. The molecule has 146 valence electrons. The molecule has 6 heteroatoms. The highest BCUT2D eigenvalue weighted by Gasteiger charge is 2.20. The second-order valence-corrected chi connectivity index (χ2v) is 14.4. The highest BCUT2D eigenvalue weighted by Crippen LogP contribution is 2.50. The second-order valence-electron chi connectivity index (χ2n) is 6.57. The molecule has 0 saturated carbocycles. The van der Waals surface area contributed by atoms with Crippen LogP contribution in [0.5, 0.6) is 0 Å². The van der Waals surface area contributed by atoms with E-state index in [1.54, 1.807) is 0 Å². The maximum atomic E-state index is 12.2. The molecule has 0 aliphatic rings. The third-order valence-electron chi connectivity index (χ3n) is 3.98. The summed E-state index contributed by atoms with van der Waals surface area (Å²) >= 11 is 0. The van der Waals surface area contributed by atoms with Crippen molar-refractivity contribution >= 4 is 34.8 Å². The van der Waals surface area contributed by atoms with Gasteiger partial charge in [-0.05, 0) is 91.5 Å². The number of thiol groups is 1. The minimum absolute atomic E-state index is 0.0279. The Bertz CT molecular complexity index is 512. The predicted octanol–water partition coefficient (Wildman–Crippen LogP) is 5.81. The van der Waals surface area contributed by atoms with E-state index in [-0.39, 0.29) is 16.4 Å². The topological polar surface area (TPSA) is 35.5 Å². The average Bonchev–Trinajstić information content (AvgIpc) is 2.58. The van der Waals surface area contributed by atoms with Gasteiger partial charge in [-0.15, -0.1) is 0 Å². The Labute approximate surface area is 159 Å². The quantitative estimate of drug-likeness (QED) is 0.270. The van der Waals surface area contributed by atoms with Gasteiger partial charge in [0.1, 0.15) is 0 Å². The third kappa shape index (κ3) is 8.01. The van der Waals surface area contributed by atoms with Gasteiger partial charge in [-0.3, -0.25) is 4.79 Å². The lowest BCUT2D eigenvalue weighted by molar-refractivity contribution is -0.113. The molecule has 3 nitrogen and oxygen atoms in total. The smallest absolute Gasteiger partial charge is 0.243 e. The van der Waals surface area contributed by atoms with Crippen molar-refractivity contribution < 1.29 is 13.8 Å². The molecule has 0 atom stereocenters.